The molecule has 17 heavy (non-hydrogen) atoms. The van der Waals surface area contributed by atoms with E-state index in [-0.39, 0.29) is 11.9 Å². The van der Waals surface area contributed by atoms with Crippen LogP contribution < -0.4 is 5.32 Å². The minimum atomic E-state index is 0.0555. The van der Waals surface area contributed by atoms with Crippen LogP contribution in [0.1, 0.15) is 45.2 Å². The highest BCUT2D eigenvalue weighted by molar-refractivity contribution is 6.30. The quantitative estimate of drug-likeness (QED) is 0.846. The zero-order valence-corrected chi connectivity index (χ0v) is 11.4. The van der Waals surface area contributed by atoms with E-state index in [1.54, 1.807) is 0 Å². The third-order valence-corrected chi connectivity index (χ3v) is 2.82. The second kappa shape index (κ2) is 6.65. The average Bonchev–Trinajstić information content (AvgIpc) is 2.24. The van der Waals surface area contributed by atoms with Crippen molar-refractivity contribution in [2.45, 2.75) is 39.7 Å². The molecule has 0 bridgehead atoms. The van der Waals surface area contributed by atoms with Gasteiger partial charge in [0.25, 0.3) is 0 Å². The van der Waals surface area contributed by atoms with Gasteiger partial charge in [0, 0.05) is 11.4 Å². The number of carbonyl (C=O) groups excluding carboxylic acids is 1. The van der Waals surface area contributed by atoms with Gasteiger partial charge in [-0.2, -0.15) is 0 Å². The average molecular weight is 254 g/mol. The maximum Gasteiger partial charge on any atom is 0.220 e. The van der Waals surface area contributed by atoms with Crippen LogP contribution in [-0.2, 0) is 4.79 Å². The number of hydrogen-bond donors (Lipinski definition) is 1. The van der Waals surface area contributed by atoms with E-state index in [4.69, 9.17) is 11.6 Å². The molecule has 1 rings (SSSR count). The molecule has 0 saturated carbocycles. The zero-order chi connectivity index (χ0) is 12.8. The maximum atomic E-state index is 11.7. The third kappa shape index (κ3) is 4.78. The molecule has 0 aliphatic heterocycles. The standard InChI is InChI=1S/C14H20ClNO/c1-4-13(16-14(17)8-10(2)3)11-6-5-7-12(15)9-11/h5-7,9-10,13H,4,8H2,1-3H3,(H,16,17). The van der Waals surface area contributed by atoms with Crippen molar-refractivity contribution in [3.8, 4) is 0 Å². The summed E-state index contributed by atoms with van der Waals surface area (Å²) in [5, 5.41) is 3.75. The van der Waals surface area contributed by atoms with E-state index in [0.29, 0.717) is 17.4 Å². The second-order valence-corrected chi connectivity index (χ2v) is 5.12. The van der Waals surface area contributed by atoms with E-state index in [0.717, 1.165) is 12.0 Å². The molecule has 0 heterocycles. The number of nitrogens with one attached hydrogen (secondary N) is 1. The SMILES string of the molecule is CCC(NC(=O)CC(C)C)c1cccc(Cl)c1. The number of amides is 1. The van der Waals surface area contributed by atoms with E-state index in [2.05, 4.69) is 12.2 Å². The zero-order valence-electron chi connectivity index (χ0n) is 10.7. The van der Waals surface area contributed by atoms with Crippen LogP contribution in [0.3, 0.4) is 0 Å². The smallest absolute Gasteiger partial charge is 0.220 e. The molecule has 1 amide bonds. The topological polar surface area (TPSA) is 29.1 Å². The Balaban J connectivity index is 2.69. The lowest BCUT2D eigenvalue weighted by molar-refractivity contribution is -0.122. The summed E-state index contributed by atoms with van der Waals surface area (Å²) in [5.41, 5.74) is 1.07. The molecule has 0 aromatic heterocycles. The molecule has 1 atom stereocenters. The molecular weight excluding hydrogens is 234 g/mol. The summed E-state index contributed by atoms with van der Waals surface area (Å²) in [4.78, 5) is 11.7. The number of halogens is 1. The fourth-order valence-corrected chi connectivity index (χ4v) is 1.97. The lowest BCUT2D eigenvalue weighted by Gasteiger charge is -2.18. The molecule has 0 aliphatic rings. The van der Waals surface area contributed by atoms with Crippen LogP contribution in [0.4, 0.5) is 0 Å². The highest BCUT2D eigenvalue weighted by atomic mass is 35.5. The molecule has 2 nitrogen and oxygen atoms in total. The summed E-state index contributed by atoms with van der Waals surface area (Å²) >= 11 is 5.95. The van der Waals surface area contributed by atoms with Crippen LogP contribution in [0.2, 0.25) is 5.02 Å². The monoisotopic (exact) mass is 253 g/mol. The molecule has 94 valence electrons. The largest absolute Gasteiger partial charge is 0.349 e. The molecule has 1 unspecified atom stereocenters. The summed E-state index contributed by atoms with van der Waals surface area (Å²) in [6.45, 7) is 6.14. The van der Waals surface area contributed by atoms with Gasteiger partial charge in [-0.05, 0) is 30.0 Å². The van der Waals surface area contributed by atoms with Crippen LogP contribution in [0.5, 0.6) is 0 Å². The summed E-state index contributed by atoms with van der Waals surface area (Å²) in [7, 11) is 0. The normalized spacial score (nSPS) is 12.5. The Morgan fingerprint density at radius 1 is 1.41 bits per heavy atom. The lowest BCUT2D eigenvalue weighted by Crippen LogP contribution is -2.28. The van der Waals surface area contributed by atoms with Gasteiger partial charge < -0.3 is 5.32 Å². The van der Waals surface area contributed by atoms with Crippen LogP contribution in [0.25, 0.3) is 0 Å². The highest BCUT2D eigenvalue weighted by Gasteiger charge is 2.13. The summed E-state index contributed by atoms with van der Waals surface area (Å²) < 4.78 is 0. The fraction of sp³-hybridized carbons (Fsp3) is 0.500. The van der Waals surface area contributed by atoms with Crippen LogP contribution in [-0.4, -0.2) is 5.91 Å². The maximum absolute atomic E-state index is 11.7. The van der Waals surface area contributed by atoms with Crippen LogP contribution in [0, 0.1) is 5.92 Å². The van der Waals surface area contributed by atoms with Crippen molar-refractivity contribution in [1.29, 1.82) is 0 Å². The number of rotatable bonds is 5. The first-order valence-corrected chi connectivity index (χ1v) is 6.45. The molecule has 3 heteroatoms. The predicted octanol–water partition coefficient (Wildman–Crippen LogP) is 3.95. The van der Waals surface area contributed by atoms with E-state index < -0.39 is 0 Å². The second-order valence-electron chi connectivity index (χ2n) is 4.68. The predicted molar refractivity (Wildman–Crippen MR) is 72.1 cm³/mol. The van der Waals surface area contributed by atoms with E-state index in [1.807, 2.05) is 38.1 Å². The van der Waals surface area contributed by atoms with Crippen LogP contribution >= 0.6 is 11.6 Å². The number of benzene rings is 1. The van der Waals surface area contributed by atoms with Crippen molar-refractivity contribution in [2.75, 3.05) is 0 Å². The first-order chi connectivity index (χ1) is 8.02. The molecule has 1 N–H and O–H groups in total. The van der Waals surface area contributed by atoms with Gasteiger partial charge in [0.15, 0.2) is 0 Å². The van der Waals surface area contributed by atoms with E-state index in [1.165, 1.54) is 0 Å². The van der Waals surface area contributed by atoms with Crippen molar-refractivity contribution in [3.63, 3.8) is 0 Å². The van der Waals surface area contributed by atoms with Gasteiger partial charge in [-0.15, -0.1) is 0 Å². The van der Waals surface area contributed by atoms with Gasteiger partial charge >= 0.3 is 0 Å². The van der Waals surface area contributed by atoms with E-state index >= 15 is 0 Å². The highest BCUT2D eigenvalue weighted by Crippen LogP contribution is 2.20. The molecule has 0 spiro atoms. The summed E-state index contributed by atoms with van der Waals surface area (Å²) in [5.74, 6) is 0.485. The Morgan fingerprint density at radius 3 is 2.65 bits per heavy atom. The van der Waals surface area contributed by atoms with Crippen molar-refractivity contribution >= 4 is 17.5 Å². The first-order valence-electron chi connectivity index (χ1n) is 6.07. The first kappa shape index (κ1) is 14.0. The van der Waals surface area contributed by atoms with Gasteiger partial charge in [-0.1, -0.05) is 44.5 Å². The molecule has 0 aliphatic carbocycles. The molecule has 1 aromatic carbocycles. The molecule has 0 saturated heterocycles. The molecule has 0 radical (unpaired) electrons. The number of hydrogen-bond acceptors (Lipinski definition) is 1. The summed E-state index contributed by atoms with van der Waals surface area (Å²) in [6.07, 6.45) is 1.43. The van der Waals surface area contributed by atoms with Gasteiger partial charge in [0.1, 0.15) is 0 Å². The molecule has 0 fully saturated rings. The Bertz CT molecular complexity index is 376. The Labute approximate surface area is 108 Å². The Morgan fingerprint density at radius 2 is 2.12 bits per heavy atom. The number of carbonyl (C=O) groups is 1. The minimum absolute atomic E-state index is 0.0555. The third-order valence-electron chi connectivity index (χ3n) is 2.59. The van der Waals surface area contributed by atoms with Crippen molar-refractivity contribution in [3.05, 3.63) is 34.9 Å². The lowest BCUT2D eigenvalue weighted by atomic mass is 10.0. The van der Waals surface area contributed by atoms with Crippen molar-refractivity contribution < 1.29 is 4.79 Å². The summed E-state index contributed by atoms with van der Waals surface area (Å²) in [6, 6.07) is 7.71. The van der Waals surface area contributed by atoms with Gasteiger partial charge in [-0.3, -0.25) is 4.79 Å². The fourth-order valence-electron chi connectivity index (χ4n) is 1.77. The van der Waals surface area contributed by atoms with Crippen LogP contribution in [0.15, 0.2) is 24.3 Å². The molecular formula is C14H20ClNO. The van der Waals surface area contributed by atoms with Crippen molar-refractivity contribution in [1.82, 2.24) is 5.32 Å². The molecule has 1 aromatic rings. The Hall–Kier alpha value is -1.02. The van der Waals surface area contributed by atoms with E-state index in [9.17, 15) is 4.79 Å². The van der Waals surface area contributed by atoms with Gasteiger partial charge in [0.05, 0.1) is 6.04 Å². The van der Waals surface area contributed by atoms with Gasteiger partial charge in [0.2, 0.25) is 5.91 Å². The van der Waals surface area contributed by atoms with Crippen molar-refractivity contribution in [2.24, 2.45) is 5.92 Å². The minimum Gasteiger partial charge on any atom is -0.349 e. The van der Waals surface area contributed by atoms with Gasteiger partial charge in [-0.25, -0.2) is 0 Å². The Kier molecular flexibility index (Phi) is 5.49.